The summed E-state index contributed by atoms with van der Waals surface area (Å²) in [5, 5.41) is 2.75. The number of carbonyl (C=O) groups excluding carboxylic acids is 1. The fraction of sp³-hybridized carbons (Fsp3) is 0.300. The minimum atomic E-state index is -0.0250. The third-order valence-electron chi connectivity index (χ3n) is 1.81. The Bertz CT molecular complexity index is 332. The summed E-state index contributed by atoms with van der Waals surface area (Å²) in [7, 11) is 3.27. The summed E-state index contributed by atoms with van der Waals surface area (Å²) in [6.45, 7) is 0. The lowest BCUT2D eigenvalue weighted by Gasteiger charge is -2.02. The molecule has 4 nitrogen and oxygen atoms in total. The monoisotopic (exact) mass is 191 g/mol. The summed E-state index contributed by atoms with van der Waals surface area (Å²) in [4.78, 5) is 19.3. The van der Waals surface area contributed by atoms with E-state index in [-0.39, 0.29) is 5.78 Å². The van der Waals surface area contributed by atoms with Gasteiger partial charge in [-0.05, 0) is 11.6 Å². The lowest BCUT2D eigenvalue weighted by molar-refractivity contribution is -0.112. The molecule has 0 fully saturated rings. The van der Waals surface area contributed by atoms with Crippen LogP contribution in [0.5, 0.6) is 0 Å². The summed E-state index contributed by atoms with van der Waals surface area (Å²) in [5.41, 5.74) is 0.897. The lowest BCUT2D eigenvalue weighted by Crippen LogP contribution is -2.29. The van der Waals surface area contributed by atoms with Crippen molar-refractivity contribution in [2.24, 2.45) is 4.99 Å². The maximum Gasteiger partial charge on any atom is 0.201 e. The van der Waals surface area contributed by atoms with Crippen LogP contribution >= 0.6 is 0 Å². The predicted octanol–water partition coefficient (Wildman–Crippen LogP) is 0.441. The molecule has 4 heteroatoms. The molecule has 0 bridgehead atoms. The molecule has 0 aliphatic rings. The number of likely N-dealkylation sites (N-methyl/N-ethyl adjacent to an activating group) is 1. The van der Waals surface area contributed by atoms with E-state index in [1.165, 1.54) is 0 Å². The summed E-state index contributed by atoms with van der Waals surface area (Å²) in [5.74, 6) is 0.372. The minimum Gasteiger partial charge on any atom is -0.370 e. The van der Waals surface area contributed by atoms with Crippen molar-refractivity contribution in [2.75, 3.05) is 14.1 Å². The van der Waals surface area contributed by atoms with Crippen LogP contribution in [-0.2, 0) is 11.2 Å². The number of hydrogen-bond donors (Lipinski definition) is 1. The van der Waals surface area contributed by atoms with Gasteiger partial charge in [-0.25, -0.2) is 0 Å². The van der Waals surface area contributed by atoms with E-state index in [2.05, 4.69) is 15.3 Å². The van der Waals surface area contributed by atoms with Gasteiger partial charge in [0, 0.05) is 32.9 Å². The van der Waals surface area contributed by atoms with Gasteiger partial charge in [0.15, 0.2) is 5.84 Å². The molecule has 0 unspecified atom stereocenters. The van der Waals surface area contributed by atoms with Crippen molar-refractivity contribution in [3.8, 4) is 0 Å². The second kappa shape index (κ2) is 5.11. The van der Waals surface area contributed by atoms with Gasteiger partial charge in [-0.2, -0.15) is 0 Å². The van der Waals surface area contributed by atoms with E-state index >= 15 is 0 Å². The highest BCUT2D eigenvalue weighted by Crippen LogP contribution is 1.98. The summed E-state index contributed by atoms with van der Waals surface area (Å²) >= 11 is 0. The normalized spacial score (nSPS) is 11.1. The van der Waals surface area contributed by atoms with E-state index in [1.54, 1.807) is 26.5 Å². The number of nitrogens with one attached hydrogen (secondary N) is 1. The third-order valence-corrected chi connectivity index (χ3v) is 1.81. The van der Waals surface area contributed by atoms with Gasteiger partial charge in [0.25, 0.3) is 0 Å². The van der Waals surface area contributed by atoms with E-state index in [1.807, 2.05) is 12.1 Å². The molecule has 1 rings (SSSR count). The van der Waals surface area contributed by atoms with E-state index in [0.29, 0.717) is 12.3 Å². The maximum atomic E-state index is 11.6. The topological polar surface area (TPSA) is 54.4 Å². The zero-order chi connectivity index (χ0) is 10.4. The molecular weight excluding hydrogens is 178 g/mol. The Balaban J connectivity index is 2.66. The largest absolute Gasteiger partial charge is 0.370 e. The summed E-state index contributed by atoms with van der Waals surface area (Å²) in [6.07, 6.45) is 3.70. The SMILES string of the molecule is CN=C(NC)C(=O)Cc1cccnc1. The lowest BCUT2D eigenvalue weighted by atomic mass is 10.1. The fourth-order valence-corrected chi connectivity index (χ4v) is 1.15. The molecular formula is C10H13N3O. The zero-order valence-electron chi connectivity index (χ0n) is 8.32. The molecule has 0 amide bonds. The van der Waals surface area contributed by atoms with Crippen LogP contribution < -0.4 is 5.32 Å². The number of aliphatic imine (C=N–C) groups is 1. The van der Waals surface area contributed by atoms with Crippen LogP contribution in [0.3, 0.4) is 0 Å². The van der Waals surface area contributed by atoms with Crippen LogP contribution in [0.2, 0.25) is 0 Å². The molecule has 1 aromatic rings. The molecule has 0 aliphatic heterocycles. The first-order valence-electron chi connectivity index (χ1n) is 4.34. The van der Waals surface area contributed by atoms with Crippen molar-refractivity contribution in [2.45, 2.75) is 6.42 Å². The highest BCUT2D eigenvalue weighted by Gasteiger charge is 2.09. The van der Waals surface area contributed by atoms with Gasteiger partial charge in [0.05, 0.1) is 0 Å². The first-order chi connectivity index (χ1) is 6.77. The number of Topliss-reactive ketones (excluding diaryl/α,β-unsaturated/α-hetero) is 1. The van der Waals surface area contributed by atoms with Gasteiger partial charge in [0.1, 0.15) is 0 Å². The average Bonchev–Trinajstić information content (AvgIpc) is 2.21. The highest BCUT2D eigenvalue weighted by molar-refractivity contribution is 6.39. The molecule has 0 aromatic carbocycles. The second-order valence-corrected chi connectivity index (χ2v) is 2.78. The number of aromatic nitrogens is 1. The van der Waals surface area contributed by atoms with Gasteiger partial charge in [-0.3, -0.25) is 14.8 Å². The quantitative estimate of drug-likeness (QED) is 0.557. The Labute approximate surface area is 83.1 Å². The van der Waals surface area contributed by atoms with Crippen molar-refractivity contribution in [3.63, 3.8) is 0 Å². The van der Waals surface area contributed by atoms with Gasteiger partial charge in [-0.1, -0.05) is 6.07 Å². The van der Waals surface area contributed by atoms with Crippen molar-refractivity contribution in [1.29, 1.82) is 0 Å². The van der Waals surface area contributed by atoms with Crippen LogP contribution in [0.15, 0.2) is 29.5 Å². The number of nitrogens with zero attached hydrogens (tertiary/aromatic N) is 2. The van der Waals surface area contributed by atoms with Crippen LogP contribution in [0.1, 0.15) is 5.56 Å². The number of hydrogen-bond acceptors (Lipinski definition) is 3. The minimum absolute atomic E-state index is 0.0250. The van der Waals surface area contributed by atoms with Gasteiger partial charge >= 0.3 is 0 Å². The van der Waals surface area contributed by atoms with E-state index in [9.17, 15) is 4.79 Å². The van der Waals surface area contributed by atoms with Crippen molar-refractivity contribution >= 4 is 11.6 Å². The van der Waals surface area contributed by atoms with E-state index in [0.717, 1.165) is 5.56 Å². The predicted molar refractivity (Wildman–Crippen MR) is 55.4 cm³/mol. The number of ketones is 1. The maximum absolute atomic E-state index is 11.6. The number of pyridine rings is 1. The first-order valence-corrected chi connectivity index (χ1v) is 4.34. The van der Waals surface area contributed by atoms with E-state index < -0.39 is 0 Å². The van der Waals surface area contributed by atoms with Gasteiger partial charge < -0.3 is 5.32 Å². The highest BCUT2D eigenvalue weighted by atomic mass is 16.1. The second-order valence-electron chi connectivity index (χ2n) is 2.78. The first kappa shape index (κ1) is 10.4. The molecule has 14 heavy (non-hydrogen) atoms. The Hall–Kier alpha value is -1.71. The molecule has 0 radical (unpaired) electrons. The number of rotatable bonds is 3. The van der Waals surface area contributed by atoms with Crippen molar-refractivity contribution < 1.29 is 4.79 Å². The molecule has 0 saturated carbocycles. The Morgan fingerprint density at radius 2 is 2.43 bits per heavy atom. The molecule has 0 atom stereocenters. The standard InChI is InChI=1S/C10H13N3O/c1-11-10(12-2)9(14)6-8-4-3-5-13-7-8/h3-5,7H,6H2,1-2H3,(H,11,12). The molecule has 1 aromatic heterocycles. The summed E-state index contributed by atoms with van der Waals surface area (Å²) < 4.78 is 0. The zero-order valence-corrected chi connectivity index (χ0v) is 8.32. The molecule has 1 heterocycles. The van der Waals surface area contributed by atoms with Crippen LogP contribution in [-0.4, -0.2) is 30.7 Å². The fourth-order valence-electron chi connectivity index (χ4n) is 1.15. The molecule has 0 aliphatic carbocycles. The summed E-state index contributed by atoms with van der Waals surface area (Å²) in [6, 6.07) is 3.68. The van der Waals surface area contributed by atoms with Crippen molar-refractivity contribution in [3.05, 3.63) is 30.1 Å². The molecule has 74 valence electrons. The number of carbonyl (C=O) groups is 1. The van der Waals surface area contributed by atoms with Crippen LogP contribution in [0, 0.1) is 0 Å². The molecule has 1 N–H and O–H groups in total. The average molecular weight is 191 g/mol. The van der Waals surface area contributed by atoms with Crippen molar-refractivity contribution in [1.82, 2.24) is 10.3 Å². The Kier molecular flexibility index (Phi) is 3.79. The van der Waals surface area contributed by atoms with Crippen LogP contribution in [0.25, 0.3) is 0 Å². The van der Waals surface area contributed by atoms with Gasteiger partial charge in [-0.15, -0.1) is 0 Å². The smallest absolute Gasteiger partial charge is 0.201 e. The molecule has 0 spiro atoms. The Morgan fingerprint density at radius 1 is 1.64 bits per heavy atom. The molecule has 0 saturated heterocycles. The van der Waals surface area contributed by atoms with Gasteiger partial charge in [0.2, 0.25) is 5.78 Å². The third kappa shape index (κ3) is 2.65. The Morgan fingerprint density at radius 3 is 2.93 bits per heavy atom. The number of amidine groups is 1. The van der Waals surface area contributed by atoms with E-state index in [4.69, 9.17) is 0 Å². The van der Waals surface area contributed by atoms with Crippen LogP contribution in [0.4, 0.5) is 0 Å².